The molecular formula is C5H4O4S3. The van der Waals surface area contributed by atoms with Crippen LogP contribution < -0.4 is 0 Å². The molecule has 1 aliphatic heterocycles. The average molecular weight is 224 g/mol. The van der Waals surface area contributed by atoms with Gasteiger partial charge < -0.3 is 10.2 Å². The van der Waals surface area contributed by atoms with Crippen LogP contribution in [-0.4, -0.2) is 36.2 Å². The maximum Gasteiger partial charge on any atom is 0.318 e. The summed E-state index contributed by atoms with van der Waals surface area (Å²) in [6.07, 6.45) is 0. The fourth-order valence-electron chi connectivity index (χ4n) is 0.719. The number of carbonyl (C=O) groups is 2. The Balaban J connectivity index is 2.79. The Morgan fingerprint density at radius 3 is 1.75 bits per heavy atom. The van der Waals surface area contributed by atoms with Crippen molar-refractivity contribution in [2.45, 2.75) is 10.5 Å². The molecule has 0 aromatic heterocycles. The van der Waals surface area contributed by atoms with E-state index in [2.05, 4.69) is 0 Å². The van der Waals surface area contributed by atoms with Crippen LogP contribution in [0.2, 0.25) is 0 Å². The van der Waals surface area contributed by atoms with Crippen LogP contribution in [0.25, 0.3) is 0 Å². The summed E-state index contributed by atoms with van der Waals surface area (Å²) < 4.78 is 0.384. The quantitative estimate of drug-likeness (QED) is 0.667. The van der Waals surface area contributed by atoms with E-state index in [1.807, 2.05) is 0 Å². The SMILES string of the molecule is O=C(O)[C@@H]1SC(=S)S[C@H]1C(=O)O. The maximum absolute atomic E-state index is 10.5. The van der Waals surface area contributed by atoms with E-state index in [0.717, 1.165) is 23.5 Å². The highest BCUT2D eigenvalue weighted by Crippen LogP contribution is 2.39. The van der Waals surface area contributed by atoms with Crippen molar-refractivity contribution in [3.8, 4) is 0 Å². The predicted molar refractivity (Wildman–Crippen MR) is 50.6 cm³/mol. The predicted octanol–water partition coefficient (Wildman–Crippen LogP) is 0.658. The lowest BCUT2D eigenvalue weighted by Gasteiger charge is -2.06. The van der Waals surface area contributed by atoms with Crippen LogP contribution in [0, 0.1) is 0 Å². The molecule has 0 amide bonds. The molecule has 12 heavy (non-hydrogen) atoms. The smallest absolute Gasteiger partial charge is 0.318 e. The molecule has 0 radical (unpaired) electrons. The van der Waals surface area contributed by atoms with E-state index in [0.29, 0.717) is 3.53 Å². The van der Waals surface area contributed by atoms with E-state index in [4.69, 9.17) is 22.4 Å². The minimum atomic E-state index is -1.13. The van der Waals surface area contributed by atoms with Crippen LogP contribution in [0.3, 0.4) is 0 Å². The first-order valence-corrected chi connectivity index (χ1v) is 5.02. The molecule has 0 aromatic carbocycles. The van der Waals surface area contributed by atoms with Gasteiger partial charge in [0, 0.05) is 0 Å². The highest BCUT2D eigenvalue weighted by atomic mass is 32.2. The van der Waals surface area contributed by atoms with Crippen molar-refractivity contribution in [2.75, 3.05) is 0 Å². The minimum Gasteiger partial charge on any atom is -0.480 e. The number of thioether (sulfide) groups is 2. The molecule has 1 aliphatic rings. The molecule has 7 heteroatoms. The first-order chi connectivity index (χ1) is 5.52. The van der Waals surface area contributed by atoms with Crippen LogP contribution in [0.1, 0.15) is 0 Å². The van der Waals surface area contributed by atoms with Gasteiger partial charge in [-0.3, -0.25) is 9.59 Å². The third kappa shape index (κ3) is 1.90. The first-order valence-electron chi connectivity index (χ1n) is 2.85. The number of hydrogen-bond donors (Lipinski definition) is 2. The standard InChI is InChI=1S/C5H4O4S3/c6-3(7)1-2(4(8)9)12-5(10)11-1/h1-2H,(H,6,7)(H,8,9)/t1-,2-/m1/s1. The van der Waals surface area contributed by atoms with E-state index in [9.17, 15) is 9.59 Å². The topological polar surface area (TPSA) is 74.6 Å². The van der Waals surface area contributed by atoms with E-state index in [-0.39, 0.29) is 0 Å². The molecule has 1 fully saturated rings. The molecule has 1 heterocycles. The summed E-state index contributed by atoms with van der Waals surface area (Å²) >= 11 is 6.56. The Labute approximate surface area is 81.7 Å². The van der Waals surface area contributed by atoms with Gasteiger partial charge in [-0.15, -0.1) is 0 Å². The third-order valence-electron chi connectivity index (χ3n) is 1.21. The number of aliphatic carboxylic acids is 2. The molecule has 0 saturated carbocycles. The minimum absolute atomic E-state index is 0.384. The van der Waals surface area contributed by atoms with Gasteiger partial charge in [-0.2, -0.15) is 0 Å². The highest BCUT2D eigenvalue weighted by Gasteiger charge is 2.42. The largest absolute Gasteiger partial charge is 0.480 e. The van der Waals surface area contributed by atoms with Gasteiger partial charge in [-0.05, 0) is 0 Å². The molecule has 1 saturated heterocycles. The van der Waals surface area contributed by atoms with Crippen molar-refractivity contribution in [3.05, 3.63) is 0 Å². The number of carboxylic acid groups (broad SMARTS) is 2. The van der Waals surface area contributed by atoms with Crippen LogP contribution in [0.5, 0.6) is 0 Å². The molecular weight excluding hydrogens is 220 g/mol. The number of rotatable bonds is 2. The summed E-state index contributed by atoms with van der Waals surface area (Å²) in [5, 5.41) is 15.3. The lowest BCUT2D eigenvalue weighted by Crippen LogP contribution is -2.31. The summed E-state index contributed by atoms with van der Waals surface area (Å²) in [6.45, 7) is 0. The summed E-state index contributed by atoms with van der Waals surface area (Å²) in [7, 11) is 0. The van der Waals surface area contributed by atoms with Gasteiger partial charge in [0.1, 0.15) is 14.0 Å². The van der Waals surface area contributed by atoms with Crippen LogP contribution in [-0.2, 0) is 9.59 Å². The van der Waals surface area contributed by atoms with E-state index < -0.39 is 22.4 Å². The van der Waals surface area contributed by atoms with Crippen molar-refractivity contribution in [1.82, 2.24) is 0 Å². The molecule has 2 N–H and O–H groups in total. The summed E-state index contributed by atoms with van der Waals surface area (Å²) in [4.78, 5) is 21.0. The molecule has 1 rings (SSSR count). The fraction of sp³-hybridized carbons (Fsp3) is 0.400. The number of hydrogen-bond acceptors (Lipinski definition) is 5. The van der Waals surface area contributed by atoms with Crippen molar-refractivity contribution < 1.29 is 19.8 Å². The zero-order valence-electron chi connectivity index (χ0n) is 5.59. The summed E-state index contributed by atoms with van der Waals surface area (Å²) in [5.74, 6) is -2.25. The zero-order valence-corrected chi connectivity index (χ0v) is 8.04. The first kappa shape index (κ1) is 9.82. The van der Waals surface area contributed by atoms with Gasteiger partial charge in [0.2, 0.25) is 0 Å². The van der Waals surface area contributed by atoms with Crippen molar-refractivity contribution in [3.63, 3.8) is 0 Å². The molecule has 2 atom stereocenters. The summed E-state index contributed by atoms with van der Waals surface area (Å²) in [5.41, 5.74) is 0. The fourth-order valence-corrected chi connectivity index (χ4v) is 3.61. The van der Waals surface area contributed by atoms with Gasteiger partial charge >= 0.3 is 11.9 Å². The molecule has 0 unspecified atom stereocenters. The Morgan fingerprint density at radius 2 is 1.50 bits per heavy atom. The van der Waals surface area contributed by atoms with Crippen molar-refractivity contribution >= 4 is 51.2 Å². The van der Waals surface area contributed by atoms with E-state index >= 15 is 0 Å². The average Bonchev–Trinajstić information content (AvgIpc) is 2.31. The molecule has 0 spiro atoms. The monoisotopic (exact) mass is 224 g/mol. The Morgan fingerprint density at radius 1 is 1.17 bits per heavy atom. The second kappa shape index (κ2) is 3.63. The van der Waals surface area contributed by atoms with Crippen LogP contribution in [0.15, 0.2) is 0 Å². The lowest BCUT2D eigenvalue weighted by atomic mass is 10.3. The molecule has 66 valence electrons. The lowest BCUT2D eigenvalue weighted by molar-refractivity contribution is -0.142. The van der Waals surface area contributed by atoms with Gasteiger partial charge in [-0.25, -0.2) is 0 Å². The van der Waals surface area contributed by atoms with Crippen molar-refractivity contribution in [2.24, 2.45) is 0 Å². The summed E-state index contributed by atoms with van der Waals surface area (Å²) in [6, 6.07) is 0. The number of thiocarbonyl (C=S) groups is 1. The number of carboxylic acids is 2. The molecule has 0 aliphatic carbocycles. The Hall–Kier alpha value is -0.270. The van der Waals surface area contributed by atoms with Crippen LogP contribution in [0.4, 0.5) is 0 Å². The second-order valence-electron chi connectivity index (χ2n) is 2.00. The normalized spacial score (nSPS) is 28.8. The van der Waals surface area contributed by atoms with Gasteiger partial charge in [-0.1, -0.05) is 35.7 Å². The molecule has 0 aromatic rings. The maximum atomic E-state index is 10.5. The Kier molecular flexibility index (Phi) is 2.97. The Bertz CT molecular complexity index is 227. The van der Waals surface area contributed by atoms with Gasteiger partial charge in [0.25, 0.3) is 0 Å². The zero-order chi connectivity index (χ0) is 9.30. The third-order valence-corrected chi connectivity index (χ3v) is 4.38. The van der Waals surface area contributed by atoms with Crippen molar-refractivity contribution in [1.29, 1.82) is 0 Å². The highest BCUT2D eigenvalue weighted by molar-refractivity contribution is 8.50. The van der Waals surface area contributed by atoms with E-state index in [1.54, 1.807) is 0 Å². The van der Waals surface area contributed by atoms with Gasteiger partial charge in [0.05, 0.1) is 0 Å². The van der Waals surface area contributed by atoms with Gasteiger partial charge in [0.15, 0.2) is 0 Å². The second-order valence-corrected chi connectivity index (χ2v) is 5.49. The van der Waals surface area contributed by atoms with Crippen LogP contribution >= 0.6 is 35.7 Å². The molecule has 4 nitrogen and oxygen atoms in total. The van der Waals surface area contributed by atoms with E-state index in [1.165, 1.54) is 0 Å². The molecule has 0 bridgehead atoms.